The van der Waals surface area contributed by atoms with Gasteiger partial charge in [0.25, 0.3) is 0 Å². The van der Waals surface area contributed by atoms with E-state index in [0.29, 0.717) is 49.6 Å². The molecule has 0 aliphatic carbocycles. The maximum atomic E-state index is 12.7. The third-order valence-corrected chi connectivity index (χ3v) is 14.1. The summed E-state index contributed by atoms with van der Waals surface area (Å²) in [6.45, 7) is 12.5. The van der Waals surface area contributed by atoms with Gasteiger partial charge in [-0.1, -0.05) is 85.1 Å². The first-order valence-corrected chi connectivity index (χ1v) is 34.3. The lowest BCUT2D eigenvalue weighted by Crippen LogP contribution is -2.34. The summed E-state index contributed by atoms with van der Waals surface area (Å²) < 4.78 is 39.9. The highest BCUT2D eigenvalue weighted by Crippen LogP contribution is 2.32. The van der Waals surface area contributed by atoms with Crippen molar-refractivity contribution >= 4 is 116 Å². The minimum atomic E-state index is -1.65. The number of nitrogen functional groups attached to an aromatic ring is 2. The fraction of sp³-hybridized carbons (Fsp3) is 0.315. The number of alkyl halides is 1. The molecule has 0 amide bonds. The number of hydrogen-bond donors (Lipinski definition) is 4. The molecule has 0 bridgehead atoms. The van der Waals surface area contributed by atoms with E-state index in [-0.39, 0.29) is 50.1 Å². The van der Waals surface area contributed by atoms with Crippen LogP contribution in [0.4, 0.5) is 17.8 Å². The van der Waals surface area contributed by atoms with Crippen LogP contribution in [0, 0.1) is 0 Å². The number of rotatable bonds is 15. The van der Waals surface area contributed by atoms with Gasteiger partial charge in [0.15, 0.2) is 0 Å². The number of hydrogen-bond acceptors (Lipinski definition) is 23. The quantitative estimate of drug-likeness (QED) is 0.0321. The van der Waals surface area contributed by atoms with Crippen LogP contribution in [0.1, 0.15) is 67.9 Å². The minimum Gasteiger partial charge on any atom is -0.518 e. The zero-order valence-electron chi connectivity index (χ0n) is 46.2. The molecule has 7 aromatic rings. The van der Waals surface area contributed by atoms with Gasteiger partial charge in [0.2, 0.25) is 26.2 Å². The molecule has 25 nitrogen and oxygen atoms in total. The van der Waals surface area contributed by atoms with Crippen molar-refractivity contribution in [3.05, 3.63) is 179 Å². The molecule has 0 radical (unpaired) electrons. The number of ether oxygens (including phenoxy) is 6. The Morgan fingerprint density at radius 3 is 1.48 bits per heavy atom. The van der Waals surface area contributed by atoms with Crippen molar-refractivity contribution in [2.24, 2.45) is 0 Å². The lowest BCUT2D eigenvalue weighted by molar-refractivity contribution is -0.0584. The van der Waals surface area contributed by atoms with Gasteiger partial charge in [-0.05, 0) is 117 Å². The minimum absolute atomic E-state index is 0. The smallest absolute Gasteiger partial charge is 0.354 e. The molecule has 6 N–H and O–H groups in total. The first kappa shape index (κ1) is 69.2. The van der Waals surface area contributed by atoms with E-state index in [1.54, 1.807) is 72.8 Å². The number of nitrogens with one attached hydrogen (secondary N) is 2. The normalized spacial score (nSPS) is 17.7. The van der Waals surface area contributed by atoms with Crippen LogP contribution in [0.5, 0.6) is 6.01 Å². The molecule has 4 aromatic carbocycles. The highest BCUT2D eigenvalue weighted by molar-refractivity contribution is 6.79. The molecular formula is C54H61Cl5N12O13Si2. The van der Waals surface area contributed by atoms with Gasteiger partial charge in [-0.15, -0.1) is 0 Å². The third-order valence-electron chi connectivity index (χ3n) is 11.0. The van der Waals surface area contributed by atoms with Gasteiger partial charge in [-0.2, -0.15) is 19.9 Å². The molecule has 0 spiro atoms. The SMILES string of the molecule is C.C[Si](C)(C)Nc1ncnc(O[Si](C)(C)C)n1.Nc1ncn([C@H]2C[C@H](OC(=O)c3ccc(Cl)cc3)[C@@H](COC(=O)c3ccc(Cl)cc3)O2)c(=O)n1.Nc1ncnc(=O)[nH]1.O=C(OC[C@H]1O[C@H](Cl)C[C@@H]1OC(=O)c1ccc(Cl)cc1)c1ccc(Cl)cc1. The number of carbonyl (C=O) groups excluding carboxylic acids is 4. The standard InChI is InChI=1S/C22H18Cl2N4O6.C19H15Cl3O5.C9H20N4OSi2.C3H4N4O.CH4/c23-14-5-1-12(2-6-14)19(29)32-10-17-16(34-20(30)13-3-7-15(24)8-4-13)9-18(33-17)28-11-26-21(25)27-22(28)31;20-13-5-1-11(2-6-13)18(23)25-10-16-15(9-17(22)26-16)27-19(24)12-3-7-14(21)8-4-12;1-15(2,3)13-8-10-7-11-9(12-8)14-16(4,5)6;4-2-5-1-6-3(8)7-2;/h1-8,11,16-18H,9-10H2,(H2,25,27,31);1-8,15-17H,9-10H2;7H,1-6H3,(H,10,11,12,13);1H,(H3,4,5,6,7,8);1H4/t16-,17+,18+;15-,16+,17-;;;/m00.../s1. The second kappa shape index (κ2) is 32.2. The lowest BCUT2D eigenvalue weighted by atomic mass is 10.1. The monoisotopic (exact) mass is 1320 g/mol. The highest BCUT2D eigenvalue weighted by Gasteiger charge is 2.41. The summed E-state index contributed by atoms with van der Waals surface area (Å²) in [5.41, 5.74) is 9.99. The lowest BCUT2D eigenvalue weighted by Gasteiger charge is -2.20. The fourth-order valence-electron chi connectivity index (χ4n) is 7.19. The Labute approximate surface area is 520 Å². The van der Waals surface area contributed by atoms with Crippen LogP contribution in [-0.4, -0.2) is 128 Å². The van der Waals surface area contributed by atoms with Gasteiger partial charge in [-0.3, -0.25) is 9.55 Å². The van der Waals surface area contributed by atoms with Gasteiger partial charge >= 0.3 is 41.3 Å². The number of benzene rings is 4. The van der Waals surface area contributed by atoms with E-state index in [4.69, 9.17) is 102 Å². The van der Waals surface area contributed by atoms with Crippen LogP contribution in [0.2, 0.25) is 59.4 Å². The molecule has 2 aliphatic heterocycles. The van der Waals surface area contributed by atoms with Crippen molar-refractivity contribution < 1.29 is 52.0 Å². The van der Waals surface area contributed by atoms with Gasteiger partial charge in [0, 0.05) is 32.9 Å². The molecule has 0 unspecified atom stereocenters. The Bertz CT molecular complexity index is 3470. The summed E-state index contributed by atoms with van der Waals surface area (Å²) in [6, 6.07) is 25.4. The summed E-state index contributed by atoms with van der Waals surface area (Å²) >= 11 is 29.3. The number of esters is 4. The number of halogens is 5. The molecule has 458 valence electrons. The molecule has 6 atom stereocenters. The van der Waals surface area contributed by atoms with E-state index >= 15 is 0 Å². The van der Waals surface area contributed by atoms with Crippen molar-refractivity contribution in [3.63, 3.8) is 0 Å². The van der Waals surface area contributed by atoms with Gasteiger partial charge in [0.05, 0.1) is 22.3 Å². The van der Waals surface area contributed by atoms with Crippen LogP contribution in [-0.2, 0) is 28.4 Å². The van der Waals surface area contributed by atoms with E-state index in [1.165, 1.54) is 36.9 Å². The van der Waals surface area contributed by atoms with Crippen molar-refractivity contribution in [2.75, 3.05) is 29.7 Å². The predicted octanol–water partition coefficient (Wildman–Crippen LogP) is 9.34. The predicted molar refractivity (Wildman–Crippen MR) is 328 cm³/mol. The van der Waals surface area contributed by atoms with E-state index < -0.39 is 88.0 Å². The topological polar surface area (TPSA) is 342 Å². The number of aromatic nitrogens is 9. The van der Waals surface area contributed by atoms with Crippen molar-refractivity contribution in [2.45, 2.75) is 95.8 Å². The van der Waals surface area contributed by atoms with Crippen LogP contribution < -0.4 is 32.3 Å². The van der Waals surface area contributed by atoms with E-state index in [1.807, 2.05) is 0 Å². The number of nitrogens with zero attached hydrogens (tertiary/aromatic N) is 8. The Balaban J connectivity index is 0.000000230. The second-order valence-electron chi connectivity index (χ2n) is 20.1. The Kier molecular flexibility index (Phi) is 25.9. The van der Waals surface area contributed by atoms with Crippen LogP contribution >= 0.6 is 58.0 Å². The summed E-state index contributed by atoms with van der Waals surface area (Å²) in [6.07, 6.45) is 0.329. The van der Waals surface area contributed by atoms with Crippen molar-refractivity contribution in [1.29, 1.82) is 0 Å². The number of H-pyrrole nitrogens is 1. The van der Waals surface area contributed by atoms with E-state index in [9.17, 15) is 28.8 Å². The average Bonchev–Trinajstić information content (AvgIpc) is 4.14. The van der Waals surface area contributed by atoms with Gasteiger partial charge < -0.3 is 49.3 Å². The first-order chi connectivity index (χ1) is 40.2. The van der Waals surface area contributed by atoms with Crippen molar-refractivity contribution in [3.8, 4) is 6.01 Å². The summed E-state index contributed by atoms with van der Waals surface area (Å²) in [5.74, 6) is -1.78. The van der Waals surface area contributed by atoms with Crippen molar-refractivity contribution in [1.82, 2.24) is 44.4 Å². The Hall–Kier alpha value is -7.61. The van der Waals surface area contributed by atoms with E-state index in [0.717, 1.165) is 10.9 Å². The average molecular weight is 1320 g/mol. The summed E-state index contributed by atoms with van der Waals surface area (Å²) in [5, 5.41) is 1.98. The van der Waals surface area contributed by atoms with Gasteiger partial charge in [-0.25, -0.2) is 43.7 Å². The molecule has 9 rings (SSSR count). The first-order valence-electron chi connectivity index (χ1n) is 25.4. The molecule has 2 saturated heterocycles. The summed E-state index contributed by atoms with van der Waals surface area (Å²) in [7, 11) is -3.08. The Morgan fingerprint density at radius 2 is 1.06 bits per heavy atom. The van der Waals surface area contributed by atoms with Crippen LogP contribution in [0.25, 0.3) is 0 Å². The molecule has 3 aromatic heterocycles. The van der Waals surface area contributed by atoms with Crippen LogP contribution in [0.3, 0.4) is 0 Å². The zero-order chi connectivity index (χ0) is 62.0. The molecule has 32 heteroatoms. The maximum Gasteiger partial charge on any atom is 0.354 e. The number of carbonyl (C=O) groups is 4. The van der Waals surface area contributed by atoms with Gasteiger partial charge in [0.1, 0.15) is 76.6 Å². The number of anilines is 3. The highest BCUT2D eigenvalue weighted by atomic mass is 35.5. The number of nitrogens with two attached hydrogens (primary N) is 2. The maximum absolute atomic E-state index is 12.7. The van der Waals surface area contributed by atoms with Crippen LogP contribution in [0.15, 0.2) is 126 Å². The molecule has 0 saturated carbocycles. The molecule has 5 heterocycles. The summed E-state index contributed by atoms with van der Waals surface area (Å²) in [4.78, 5) is 104. The Morgan fingerprint density at radius 1 is 0.616 bits per heavy atom. The largest absolute Gasteiger partial charge is 0.518 e. The third kappa shape index (κ3) is 23.0. The molecular weight excluding hydrogens is 1260 g/mol. The molecule has 2 aliphatic rings. The molecule has 86 heavy (non-hydrogen) atoms. The zero-order valence-corrected chi connectivity index (χ0v) is 52.0. The fourth-order valence-corrected chi connectivity index (χ4v) is 9.44. The molecule has 2 fully saturated rings. The van der Waals surface area contributed by atoms with E-state index in [2.05, 4.69) is 84.1 Å². The number of aromatic amines is 1. The second-order valence-corrected chi connectivity index (χ2v) is 31.5.